The van der Waals surface area contributed by atoms with Crippen LogP contribution < -0.4 is 5.32 Å². The molecule has 0 aliphatic carbocycles. The summed E-state index contributed by atoms with van der Waals surface area (Å²) in [5, 5.41) is 5.75. The maximum Gasteiger partial charge on any atom is 0.259 e. The van der Waals surface area contributed by atoms with Crippen LogP contribution in [0.25, 0.3) is 11.3 Å². The van der Waals surface area contributed by atoms with Crippen LogP contribution in [-0.4, -0.2) is 37.7 Å². The first-order valence-electron chi connectivity index (χ1n) is 8.04. The molecule has 6 nitrogen and oxygen atoms in total. The van der Waals surface area contributed by atoms with Crippen LogP contribution in [0, 0.1) is 0 Å². The minimum absolute atomic E-state index is 0.0240. The Kier molecular flexibility index (Phi) is 6.52. The second-order valence-corrected chi connectivity index (χ2v) is 10.3. The van der Waals surface area contributed by atoms with Crippen LogP contribution in [-0.2, 0) is 10.0 Å². The molecule has 0 fully saturated rings. The number of amides is 1. The molecule has 1 aromatic heterocycles. The zero-order valence-corrected chi connectivity index (χ0v) is 19.0. The van der Waals surface area contributed by atoms with E-state index >= 15 is 0 Å². The molecule has 1 amide bonds. The Morgan fingerprint density at radius 3 is 2.45 bits per heavy atom. The summed E-state index contributed by atoms with van der Waals surface area (Å²) in [6.07, 6.45) is 0. The van der Waals surface area contributed by atoms with E-state index in [2.05, 4.69) is 10.3 Å². The summed E-state index contributed by atoms with van der Waals surface area (Å²) in [5.74, 6) is -0.575. The van der Waals surface area contributed by atoms with Gasteiger partial charge in [0.25, 0.3) is 5.91 Å². The van der Waals surface area contributed by atoms with Crippen molar-refractivity contribution in [2.75, 3.05) is 19.4 Å². The number of sulfonamides is 1. The number of anilines is 1. The monoisotopic (exact) mass is 489 g/mol. The highest BCUT2D eigenvalue weighted by Gasteiger charge is 2.21. The highest BCUT2D eigenvalue weighted by Crippen LogP contribution is 2.32. The van der Waals surface area contributed by atoms with Gasteiger partial charge in [-0.1, -0.05) is 34.8 Å². The molecule has 0 aliphatic rings. The molecule has 152 valence electrons. The number of nitrogens with zero attached hydrogens (tertiary/aromatic N) is 2. The Bertz CT molecular complexity index is 1190. The van der Waals surface area contributed by atoms with E-state index in [1.54, 1.807) is 23.6 Å². The molecule has 0 spiro atoms. The number of carbonyl (C=O) groups is 1. The minimum atomic E-state index is -3.71. The van der Waals surface area contributed by atoms with Gasteiger partial charge in [-0.05, 0) is 36.4 Å². The van der Waals surface area contributed by atoms with Crippen LogP contribution in [0.5, 0.6) is 0 Å². The first kappa shape index (κ1) is 22.0. The summed E-state index contributed by atoms with van der Waals surface area (Å²) in [6.45, 7) is 0. The van der Waals surface area contributed by atoms with Gasteiger partial charge in [-0.3, -0.25) is 10.1 Å². The Hall–Kier alpha value is -1.68. The normalized spacial score (nSPS) is 11.7. The zero-order chi connectivity index (χ0) is 21.3. The third kappa shape index (κ3) is 4.74. The number of carbonyl (C=O) groups excluding carboxylic acids is 1. The van der Waals surface area contributed by atoms with Gasteiger partial charge in [0.1, 0.15) is 0 Å². The fraction of sp³-hybridized carbons (Fsp3) is 0.111. The van der Waals surface area contributed by atoms with Gasteiger partial charge in [0, 0.05) is 30.1 Å². The largest absolute Gasteiger partial charge is 0.298 e. The van der Waals surface area contributed by atoms with Crippen LogP contribution in [0.15, 0.2) is 46.7 Å². The molecule has 0 unspecified atom stereocenters. The minimum Gasteiger partial charge on any atom is -0.298 e. The number of rotatable bonds is 5. The number of aromatic nitrogens is 1. The Morgan fingerprint density at radius 2 is 1.79 bits per heavy atom. The summed E-state index contributed by atoms with van der Waals surface area (Å²) >= 11 is 19.4. The third-order valence-corrected chi connectivity index (χ3v) is 7.34. The van der Waals surface area contributed by atoms with E-state index in [0.29, 0.717) is 26.4 Å². The van der Waals surface area contributed by atoms with E-state index in [0.717, 1.165) is 4.31 Å². The van der Waals surface area contributed by atoms with Crippen molar-refractivity contribution < 1.29 is 13.2 Å². The lowest BCUT2D eigenvalue weighted by Crippen LogP contribution is -2.23. The summed E-state index contributed by atoms with van der Waals surface area (Å²) in [6, 6.07) is 8.98. The van der Waals surface area contributed by atoms with Crippen molar-refractivity contribution in [3.63, 3.8) is 0 Å². The van der Waals surface area contributed by atoms with Crippen molar-refractivity contribution in [2.45, 2.75) is 4.90 Å². The fourth-order valence-corrected chi connectivity index (χ4v) is 4.71. The molecule has 0 atom stereocenters. The lowest BCUT2D eigenvalue weighted by atomic mass is 10.2. The van der Waals surface area contributed by atoms with Gasteiger partial charge in [-0.2, -0.15) is 0 Å². The van der Waals surface area contributed by atoms with E-state index in [-0.39, 0.29) is 15.5 Å². The van der Waals surface area contributed by atoms with Gasteiger partial charge >= 0.3 is 0 Å². The van der Waals surface area contributed by atoms with Gasteiger partial charge in [0.15, 0.2) is 5.13 Å². The number of thiazole rings is 1. The lowest BCUT2D eigenvalue weighted by molar-refractivity contribution is 0.102. The van der Waals surface area contributed by atoms with Gasteiger partial charge in [-0.15, -0.1) is 11.3 Å². The lowest BCUT2D eigenvalue weighted by Gasteiger charge is -2.13. The van der Waals surface area contributed by atoms with E-state index in [4.69, 9.17) is 34.8 Å². The van der Waals surface area contributed by atoms with E-state index in [1.165, 1.54) is 43.6 Å². The van der Waals surface area contributed by atoms with Crippen LogP contribution in [0.3, 0.4) is 0 Å². The Balaban J connectivity index is 1.87. The number of hydrogen-bond donors (Lipinski definition) is 1. The highest BCUT2D eigenvalue weighted by atomic mass is 35.5. The average molecular weight is 491 g/mol. The van der Waals surface area contributed by atoms with Crippen LogP contribution >= 0.6 is 46.1 Å². The van der Waals surface area contributed by atoms with E-state index in [9.17, 15) is 13.2 Å². The quantitative estimate of drug-likeness (QED) is 0.528. The maximum absolute atomic E-state index is 12.7. The van der Waals surface area contributed by atoms with Gasteiger partial charge in [-0.25, -0.2) is 17.7 Å². The van der Waals surface area contributed by atoms with Crippen molar-refractivity contribution in [1.29, 1.82) is 0 Å². The molecule has 29 heavy (non-hydrogen) atoms. The molecule has 2 aromatic carbocycles. The smallest absolute Gasteiger partial charge is 0.259 e. The first-order valence-corrected chi connectivity index (χ1v) is 11.5. The van der Waals surface area contributed by atoms with E-state index < -0.39 is 15.9 Å². The first-order chi connectivity index (χ1) is 13.6. The van der Waals surface area contributed by atoms with E-state index in [1.807, 2.05) is 0 Å². The highest BCUT2D eigenvalue weighted by molar-refractivity contribution is 7.89. The molecule has 0 saturated heterocycles. The topological polar surface area (TPSA) is 79.4 Å². The molecule has 11 heteroatoms. The van der Waals surface area contributed by atoms with Gasteiger partial charge < -0.3 is 0 Å². The SMILES string of the molecule is CN(C)S(=O)(=O)c1ccc(Cl)c(C(=O)Nc2nc(-c3ccc(Cl)cc3Cl)cs2)c1. The number of hydrogen-bond acceptors (Lipinski definition) is 5. The van der Waals surface area contributed by atoms with Crippen LogP contribution in [0.2, 0.25) is 15.1 Å². The van der Waals surface area contributed by atoms with Crippen molar-refractivity contribution in [2.24, 2.45) is 0 Å². The molecule has 0 bridgehead atoms. The zero-order valence-electron chi connectivity index (χ0n) is 15.1. The molecule has 0 aliphatic heterocycles. The summed E-state index contributed by atoms with van der Waals surface area (Å²) in [4.78, 5) is 17.0. The number of benzene rings is 2. The number of halogens is 3. The van der Waals surface area contributed by atoms with Crippen molar-refractivity contribution in [3.05, 3.63) is 62.4 Å². The van der Waals surface area contributed by atoms with Crippen molar-refractivity contribution >= 4 is 67.2 Å². The standard InChI is InChI=1S/C18H14Cl3N3O3S2/c1-24(2)29(26,27)11-4-6-14(20)13(8-11)17(25)23-18-22-16(9-28-18)12-5-3-10(19)7-15(12)21/h3-9H,1-2H3,(H,22,23,25). The predicted octanol–water partition coefficient (Wildman–Crippen LogP) is 5.27. The molecule has 3 rings (SSSR count). The third-order valence-electron chi connectivity index (χ3n) is 3.89. The Labute approximate surface area is 187 Å². The summed E-state index contributed by atoms with van der Waals surface area (Å²) in [7, 11) is -0.896. The Morgan fingerprint density at radius 1 is 1.07 bits per heavy atom. The van der Waals surface area contributed by atoms with Crippen LogP contribution in [0.4, 0.5) is 5.13 Å². The van der Waals surface area contributed by atoms with Crippen molar-refractivity contribution in [1.82, 2.24) is 9.29 Å². The molecule has 1 heterocycles. The fourth-order valence-electron chi connectivity index (χ4n) is 2.37. The second-order valence-electron chi connectivity index (χ2n) is 6.05. The maximum atomic E-state index is 12.7. The summed E-state index contributed by atoms with van der Waals surface area (Å²) < 4.78 is 25.7. The molecule has 1 N–H and O–H groups in total. The van der Waals surface area contributed by atoms with Gasteiger partial charge in [0.2, 0.25) is 10.0 Å². The predicted molar refractivity (Wildman–Crippen MR) is 118 cm³/mol. The molecular weight excluding hydrogens is 477 g/mol. The van der Waals surface area contributed by atoms with Crippen molar-refractivity contribution in [3.8, 4) is 11.3 Å². The molecule has 0 saturated carbocycles. The van der Waals surface area contributed by atoms with Gasteiger partial charge in [0.05, 0.1) is 26.2 Å². The second kappa shape index (κ2) is 8.59. The summed E-state index contributed by atoms with van der Waals surface area (Å²) in [5.41, 5.74) is 1.27. The number of nitrogens with one attached hydrogen (secondary N) is 1. The van der Waals surface area contributed by atoms with Crippen LogP contribution in [0.1, 0.15) is 10.4 Å². The molecule has 0 radical (unpaired) electrons. The molecular formula is C18H14Cl3N3O3S2. The average Bonchev–Trinajstić information content (AvgIpc) is 3.09. The molecule has 3 aromatic rings.